The highest BCUT2D eigenvalue weighted by atomic mass is 32.2. The van der Waals surface area contributed by atoms with Crippen molar-refractivity contribution in [1.29, 1.82) is 5.26 Å². The van der Waals surface area contributed by atoms with Crippen molar-refractivity contribution < 1.29 is 22.5 Å². The molecule has 1 amide bonds. The molecule has 0 heterocycles. The van der Waals surface area contributed by atoms with Gasteiger partial charge in [-0.15, -0.1) is 0 Å². The van der Waals surface area contributed by atoms with Crippen molar-refractivity contribution in [3.63, 3.8) is 0 Å². The van der Waals surface area contributed by atoms with Crippen LogP contribution in [0.4, 0.5) is 11.4 Å². The van der Waals surface area contributed by atoms with E-state index in [1.54, 1.807) is 18.2 Å². The lowest BCUT2D eigenvalue weighted by molar-refractivity contribution is -0.112. The molecule has 0 aromatic heterocycles. The monoisotopic (exact) mass is 387 g/mol. The Morgan fingerprint density at radius 2 is 2.00 bits per heavy atom. The lowest BCUT2D eigenvalue weighted by atomic mass is 10.2. The minimum absolute atomic E-state index is 0.115. The molecule has 0 saturated carbocycles. The predicted molar refractivity (Wildman–Crippen MR) is 99.9 cm³/mol. The molecule has 140 valence electrons. The van der Waals surface area contributed by atoms with E-state index in [1.165, 1.54) is 31.5 Å². The van der Waals surface area contributed by atoms with Crippen molar-refractivity contribution in [3.05, 3.63) is 59.8 Å². The minimum atomic E-state index is -4.40. The van der Waals surface area contributed by atoms with Gasteiger partial charge in [0.1, 0.15) is 17.4 Å². The van der Waals surface area contributed by atoms with Crippen LogP contribution in [0.2, 0.25) is 0 Å². The zero-order valence-electron chi connectivity index (χ0n) is 14.6. The van der Waals surface area contributed by atoms with Crippen LogP contribution in [-0.4, -0.2) is 26.0 Å². The molecule has 0 aliphatic heterocycles. The molecular formula is C18H17N3O5S. The zero-order chi connectivity index (χ0) is 20.0. The van der Waals surface area contributed by atoms with Gasteiger partial charge in [0, 0.05) is 11.9 Å². The summed E-state index contributed by atoms with van der Waals surface area (Å²) < 4.78 is 36.6. The lowest BCUT2D eigenvalue weighted by Gasteiger charge is -2.10. The van der Waals surface area contributed by atoms with Crippen LogP contribution in [0.3, 0.4) is 0 Å². The Morgan fingerprint density at radius 1 is 1.26 bits per heavy atom. The number of amides is 1. The standard InChI is InChI=1S/C18H17N3O5S/c1-12-6-7-17(26-2)16(8-12)20-11-13(10-19)18(22)21-14-4-3-5-15(9-14)27(23,24)25/h3-9,11,20H,1-2H3,(H,21,22)(H,23,24,25)/b13-11-. The summed E-state index contributed by atoms with van der Waals surface area (Å²) in [5, 5.41) is 14.5. The molecule has 0 saturated heterocycles. The van der Waals surface area contributed by atoms with Gasteiger partial charge in [0.2, 0.25) is 0 Å². The van der Waals surface area contributed by atoms with Gasteiger partial charge in [-0.25, -0.2) is 0 Å². The first-order valence-electron chi connectivity index (χ1n) is 7.65. The van der Waals surface area contributed by atoms with Crippen LogP contribution < -0.4 is 15.4 Å². The maximum atomic E-state index is 12.3. The van der Waals surface area contributed by atoms with Crippen molar-refractivity contribution in [2.24, 2.45) is 0 Å². The summed E-state index contributed by atoms with van der Waals surface area (Å²) in [6, 6.07) is 12.2. The van der Waals surface area contributed by atoms with E-state index in [1.807, 2.05) is 13.0 Å². The van der Waals surface area contributed by atoms with Gasteiger partial charge in [-0.05, 0) is 42.8 Å². The molecule has 0 radical (unpaired) electrons. The number of benzene rings is 2. The number of nitrogens with one attached hydrogen (secondary N) is 2. The molecule has 0 bridgehead atoms. The third kappa shape index (κ3) is 5.31. The molecule has 9 heteroatoms. The van der Waals surface area contributed by atoms with Crippen LogP contribution in [-0.2, 0) is 14.9 Å². The molecule has 8 nitrogen and oxygen atoms in total. The predicted octanol–water partition coefficient (Wildman–Crippen LogP) is 2.71. The third-order valence-corrected chi connectivity index (χ3v) is 4.33. The van der Waals surface area contributed by atoms with E-state index in [9.17, 15) is 18.5 Å². The number of ether oxygens (including phenoxy) is 1. The first kappa shape index (κ1) is 20.0. The molecule has 0 unspecified atom stereocenters. The van der Waals surface area contributed by atoms with Gasteiger partial charge in [-0.2, -0.15) is 13.7 Å². The van der Waals surface area contributed by atoms with Crippen molar-refractivity contribution in [3.8, 4) is 11.8 Å². The van der Waals surface area contributed by atoms with Crippen molar-refractivity contribution in [2.75, 3.05) is 17.7 Å². The van der Waals surface area contributed by atoms with Crippen LogP contribution >= 0.6 is 0 Å². The molecule has 2 rings (SSSR count). The smallest absolute Gasteiger partial charge is 0.294 e. The Labute approximate surface area is 156 Å². The van der Waals surface area contributed by atoms with Gasteiger partial charge in [0.15, 0.2) is 0 Å². The van der Waals surface area contributed by atoms with E-state index < -0.39 is 16.0 Å². The molecule has 0 aliphatic carbocycles. The van der Waals surface area contributed by atoms with Gasteiger partial charge < -0.3 is 15.4 Å². The number of carbonyl (C=O) groups excluding carboxylic acids is 1. The number of nitrogens with zero attached hydrogens (tertiary/aromatic N) is 1. The van der Waals surface area contributed by atoms with E-state index in [-0.39, 0.29) is 16.2 Å². The van der Waals surface area contributed by atoms with Crippen LogP contribution in [0.5, 0.6) is 5.75 Å². The molecule has 0 fully saturated rings. The second-order valence-corrected chi connectivity index (χ2v) is 6.90. The fourth-order valence-electron chi connectivity index (χ4n) is 2.17. The highest BCUT2D eigenvalue weighted by molar-refractivity contribution is 7.85. The Hall–Kier alpha value is -3.35. The topological polar surface area (TPSA) is 129 Å². The van der Waals surface area contributed by atoms with E-state index >= 15 is 0 Å². The summed E-state index contributed by atoms with van der Waals surface area (Å²) in [5.74, 6) is -0.209. The third-order valence-electron chi connectivity index (χ3n) is 3.48. The average molecular weight is 387 g/mol. The summed E-state index contributed by atoms with van der Waals surface area (Å²) in [5.41, 5.74) is 1.41. The van der Waals surface area contributed by atoms with Crippen molar-refractivity contribution in [2.45, 2.75) is 11.8 Å². The number of nitriles is 1. The fraction of sp³-hybridized carbons (Fsp3) is 0.111. The minimum Gasteiger partial charge on any atom is -0.495 e. The summed E-state index contributed by atoms with van der Waals surface area (Å²) in [6.45, 7) is 1.88. The quantitative estimate of drug-likeness (QED) is 0.395. The average Bonchev–Trinajstić information content (AvgIpc) is 2.62. The van der Waals surface area contributed by atoms with Crippen LogP contribution in [0.25, 0.3) is 0 Å². The van der Waals surface area contributed by atoms with Crippen molar-refractivity contribution in [1.82, 2.24) is 0 Å². The fourth-order valence-corrected chi connectivity index (χ4v) is 2.69. The largest absolute Gasteiger partial charge is 0.495 e. The highest BCUT2D eigenvalue weighted by Gasteiger charge is 2.13. The number of hydrogen-bond acceptors (Lipinski definition) is 6. The van der Waals surface area contributed by atoms with Crippen LogP contribution in [0.15, 0.2) is 59.1 Å². The maximum absolute atomic E-state index is 12.3. The second kappa shape index (κ2) is 8.35. The lowest BCUT2D eigenvalue weighted by Crippen LogP contribution is -2.15. The van der Waals surface area contributed by atoms with Gasteiger partial charge in [-0.3, -0.25) is 9.35 Å². The summed E-state index contributed by atoms with van der Waals surface area (Å²) in [4.78, 5) is 11.9. The molecule has 2 aromatic rings. The summed E-state index contributed by atoms with van der Waals surface area (Å²) >= 11 is 0. The molecule has 27 heavy (non-hydrogen) atoms. The molecule has 2 aromatic carbocycles. The number of rotatable bonds is 6. The summed E-state index contributed by atoms with van der Waals surface area (Å²) in [6.07, 6.45) is 1.22. The Kier molecular flexibility index (Phi) is 6.18. The SMILES string of the molecule is COc1ccc(C)cc1N/C=C(/C#N)C(=O)Nc1cccc(S(=O)(=O)O)c1. The van der Waals surface area contributed by atoms with Crippen LogP contribution in [0.1, 0.15) is 5.56 Å². The van der Waals surface area contributed by atoms with Crippen LogP contribution in [0, 0.1) is 18.3 Å². The second-order valence-electron chi connectivity index (χ2n) is 5.47. The molecule has 0 atom stereocenters. The first-order chi connectivity index (χ1) is 12.7. The van der Waals surface area contributed by atoms with Gasteiger partial charge in [-0.1, -0.05) is 12.1 Å². The Morgan fingerprint density at radius 3 is 2.63 bits per heavy atom. The number of methoxy groups -OCH3 is 1. The highest BCUT2D eigenvalue weighted by Crippen LogP contribution is 2.25. The first-order valence-corrected chi connectivity index (χ1v) is 9.09. The number of hydrogen-bond donors (Lipinski definition) is 3. The molecule has 0 spiro atoms. The van der Waals surface area contributed by atoms with E-state index in [0.29, 0.717) is 11.4 Å². The number of anilines is 2. The van der Waals surface area contributed by atoms with Gasteiger partial charge >= 0.3 is 0 Å². The van der Waals surface area contributed by atoms with E-state index in [0.717, 1.165) is 11.6 Å². The number of aryl methyl sites for hydroxylation is 1. The van der Waals surface area contributed by atoms with E-state index in [2.05, 4.69) is 10.6 Å². The Balaban J connectivity index is 2.21. The maximum Gasteiger partial charge on any atom is 0.294 e. The summed E-state index contributed by atoms with van der Waals surface area (Å²) in [7, 11) is -2.90. The zero-order valence-corrected chi connectivity index (χ0v) is 15.4. The van der Waals surface area contributed by atoms with Crippen molar-refractivity contribution >= 4 is 27.4 Å². The number of carbonyl (C=O) groups is 1. The molecule has 3 N–H and O–H groups in total. The molecular weight excluding hydrogens is 370 g/mol. The van der Waals surface area contributed by atoms with Gasteiger partial charge in [0.05, 0.1) is 17.7 Å². The molecule has 0 aliphatic rings. The Bertz CT molecular complexity index is 1040. The normalized spacial score (nSPS) is 11.4. The van der Waals surface area contributed by atoms with E-state index in [4.69, 9.17) is 9.29 Å². The van der Waals surface area contributed by atoms with Gasteiger partial charge in [0.25, 0.3) is 16.0 Å².